The van der Waals surface area contributed by atoms with Gasteiger partial charge in [0.2, 0.25) is 5.78 Å². The normalized spacial score (nSPS) is 30.5. The lowest BCUT2D eigenvalue weighted by atomic mass is 9.66. The van der Waals surface area contributed by atoms with Crippen molar-refractivity contribution in [3.05, 3.63) is 51.6 Å². The molecule has 0 saturated carbocycles. The Morgan fingerprint density at radius 3 is 2.33 bits per heavy atom. The van der Waals surface area contributed by atoms with Crippen LogP contribution in [-0.4, -0.2) is 99.3 Å². The predicted octanol–water partition coefficient (Wildman–Crippen LogP) is 1.86. The predicted molar refractivity (Wildman–Crippen MR) is 146 cm³/mol. The Morgan fingerprint density at radius 1 is 1.07 bits per heavy atom. The van der Waals surface area contributed by atoms with Crippen molar-refractivity contribution in [3.63, 3.8) is 0 Å². The Hall–Kier alpha value is -3.55. The standard InChI is InChI=1S/C30H35NO11/c1-6-30(39)11-16(42-17-10-14(31(3)4)24(33)12(2)41-17)19-20(23(30)29(38)40-5)28(37)21-22(27(19)36)26(35)18-13(25(21)34)8-7-9-15(18)32/h7-9,12,14,16-17,23-24,32-33,36-37,39H,6,10-11H2,1-5H3/t12-,14-,16-,17?,23-,24-,30+/m0/s1. The molecule has 0 bridgehead atoms. The van der Waals surface area contributed by atoms with Crippen molar-refractivity contribution in [1.29, 1.82) is 0 Å². The van der Waals surface area contributed by atoms with Gasteiger partial charge in [0.15, 0.2) is 12.1 Å². The monoisotopic (exact) mass is 585 g/mol. The number of ketones is 2. The SMILES string of the molecule is CC[C@@]1(O)C[C@H](OC2C[C@H](N(C)C)[C@@H](O)[C@H](C)O2)c2c(O)c3c(c(O)c2[C@H]1C(=O)OC)C(=O)c1cccc(O)c1C3=O. The molecule has 12 nitrogen and oxygen atoms in total. The molecule has 0 radical (unpaired) electrons. The molecule has 1 heterocycles. The molecule has 3 aliphatic rings. The van der Waals surface area contributed by atoms with Gasteiger partial charge in [0.05, 0.1) is 47.7 Å². The van der Waals surface area contributed by atoms with Crippen molar-refractivity contribution in [2.75, 3.05) is 21.2 Å². The first kappa shape index (κ1) is 29.9. The number of fused-ring (bicyclic) bond motifs is 3. The van der Waals surface area contributed by atoms with Gasteiger partial charge in [-0.05, 0) is 33.5 Å². The molecule has 5 N–H and O–H groups in total. The first-order chi connectivity index (χ1) is 19.8. The summed E-state index contributed by atoms with van der Waals surface area (Å²) in [7, 11) is 4.69. The van der Waals surface area contributed by atoms with Crippen LogP contribution in [0.3, 0.4) is 0 Å². The van der Waals surface area contributed by atoms with Crippen LogP contribution >= 0.6 is 0 Å². The zero-order chi connectivity index (χ0) is 30.8. The molecule has 42 heavy (non-hydrogen) atoms. The van der Waals surface area contributed by atoms with Crippen molar-refractivity contribution in [2.45, 2.75) is 75.3 Å². The van der Waals surface area contributed by atoms with Gasteiger partial charge >= 0.3 is 5.97 Å². The summed E-state index contributed by atoms with van der Waals surface area (Å²) in [6.07, 6.45) is -3.73. The highest BCUT2D eigenvalue weighted by Crippen LogP contribution is 2.57. The van der Waals surface area contributed by atoms with Crippen LogP contribution in [0.2, 0.25) is 0 Å². The Bertz CT molecular complexity index is 1470. The van der Waals surface area contributed by atoms with Crippen LogP contribution in [0.15, 0.2) is 18.2 Å². The van der Waals surface area contributed by atoms with E-state index in [0.717, 1.165) is 7.11 Å². The number of nitrogens with zero attached hydrogens (tertiary/aromatic N) is 1. The minimum atomic E-state index is -1.86. The lowest BCUT2D eigenvalue weighted by Crippen LogP contribution is -2.54. The van der Waals surface area contributed by atoms with Gasteiger partial charge in [-0.1, -0.05) is 19.1 Å². The second-order valence-electron chi connectivity index (χ2n) is 11.4. The highest BCUT2D eigenvalue weighted by atomic mass is 16.7. The third-order valence-corrected chi connectivity index (χ3v) is 8.88. The van der Waals surface area contributed by atoms with Gasteiger partial charge in [0.1, 0.15) is 23.2 Å². The minimum absolute atomic E-state index is 0.00605. The number of phenols is 3. The summed E-state index contributed by atoms with van der Waals surface area (Å²) in [5, 5.41) is 56.2. The third kappa shape index (κ3) is 4.36. The van der Waals surface area contributed by atoms with E-state index >= 15 is 0 Å². The van der Waals surface area contributed by atoms with E-state index in [9.17, 15) is 39.9 Å². The number of carbonyl (C=O) groups is 3. The zero-order valence-electron chi connectivity index (χ0n) is 24.0. The summed E-state index contributed by atoms with van der Waals surface area (Å²) in [6.45, 7) is 3.30. The number of hydrogen-bond donors (Lipinski definition) is 5. The van der Waals surface area contributed by atoms with E-state index in [-0.39, 0.29) is 47.6 Å². The molecular weight excluding hydrogens is 550 g/mol. The molecule has 1 saturated heterocycles. The Morgan fingerprint density at radius 2 is 1.71 bits per heavy atom. The zero-order valence-corrected chi connectivity index (χ0v) is 24.0. The molecule has 7 atom stereocenters. The number of aliphatic hydroxyl groups is 2. The van der Waals surface area contributed by atoms with E-state index < -0.39 is 82.0 Å². The van der Waals surface area contributed by atoms with Crippen LogP contribution in [-0.2, 0) is 19.0 Å². The maximum Gasteiger partial charge on any atom is 0.316 e. The van der Waals surface area contributed by atoms with Crippen LogP contribution in [0, 0.1) is 0 Å². The molecule has 2 aliphatic carbocycles. The molecule has 0 spiro atoms. The number of esters is 1. The molecule has 0 amide bonds. The Labute approximate surface area is 242 Å². The minimum Gasteiger partial charge on any atom is -0.507 e. The maximum absolute atomic E-state index is 13.7. The molecule has 226 valence electrons. The quantitative estimate of drug-likeness (QED) is 0.217. The molecule has 0 aromatic heterocycles. The molecule has 2 aromatic carbocycles. The lowest BCUT2D eigenvalue weighted by molar-refractivity contribution is -0.258. The fourth-order valence-corrected chi connectivity index (χ4v) is 6.59. The number of benzene rings is 2. The topological polar surface area (TPSA) is 183 Å². The molecule has 5 rings (SSSR count). The molecule has 2 aromatic rings. The molecule has 1 unspecified atom stereocenters. The van der Waals surface area contributed by atoms with Gasteiger partial charge < -0.3 is 44.6 Å². The number of aliphatic hydroxyl groups excluding tert-OH is 1. The van der Waals surface area contributed by atoms with Gasteiger partial charge in [-0.2, -0.15) is 0 Å². The molecular formula is C30H35NO11. The smallest absolute Gasteiger partial charge is 0.316 e. The summed E-state index contributed by atoms with van der Waals surface area (Å²) in [5.41, 5.74) is -3.96. The largest absolute Gasteiger partial charge is 0.507 e. The van der Waals surface area contributed by atoms with Crippen LogP contribution in [0.25, 0.3) is 0 Å². The fraction of sp³-hybridized carbons (Fsp3) is 0.500. The fourth-order valence-electron chi connectivity index (χ4n) is 6.59. The van der Waals surface area contributed by atoms with Gasteiger partial charge in [0.25, 0.3) is 0 Å². The van der Waals surface area contributed by atoms with E-state index in [1.54, 1.807) is 27.9 Å². The Kier molecular flexibility index (Phi) is 7.57. The van der Waals surface area contributed by atoms with Crippen LogP contribution in [0.1, 0.15) is 88.1 Å². The number of methoxy groups -OCH3 is 1. The maximum atomic E-state index is 13.7. The Balaban J connectivity index is 1.73. The van der Waals surface area contributed by atoms with Gasteiger partial charge in [-0.3, -0.25) is 14.4 Å². The number of phenolic OH excluding ortho intramolecular Hbond substituents is 3. The van der Waals surface area contributed by atoms with Gasteiger partial charge in [0, 0.05) is 35.6 Å². The third-order valence-electron chi connectivity index (χ3n) is 8.88. The second-order valence-corrected chi connectivity index (χ2v) is 11.4. The number of ether oxygens (including phenoxy) is 3. The summed E-state index contributed by atoms with van der Waals surface area (Å²) in [5.74, 6) is -6.22. The van der Waals surface area contributed by atoms with Crippen molar-refractivity contribution in [1.82, 2.24) is 4.90 Å². The number of rotatable bonds is 5. The van der Waals surface area contributed by atoms with Crippen LogP contribution in [0.4, 0.5) is 0 Å². The first-order valence-electron chi connectivity index (χ1n) is 13.8. The summed E-state index contributed by atoms with van der Waals surface area (Å²) < 4.78 is 17.2. The average molecular weight is 586 g/mol. The van der Waals surface area contributed by atoms with Crippen molar-refractivity contribution < 1.29 is 54.1 Å². The van der Waals surface area contributed by atoms with E-state index in [4.69, 9.17) is 14.2 Å². The summed E-state index contributed by atoms with van der Waals surface area (Å²) in [6, 6.07) is 3.53. The van der Waals surface area contributed by atoms with E-state index in [1.807, 2.05) is 4.90 Å². The first-order valence-corrected chi connectivity index (χ1v) is 13.8. The van der Waals surface area contributed by atoms with Crippen molar-refractivity contribution >= 4 is 17.5 Å². The van der Waals surface area contributed by atoms with E-state index in [1.165, 1.54) is 18.2 Å². The van der Waals surface area contributed by atoms with Crippen molar-refractivity contribution in [3.8, 4) is 17.2 Å². The highest BCUT2D eigenvalue weighted by molar-refractivity contribution is 6.31. The summed E-state index contributed by atoms with van der Waals surface area (Å²) >= 11 is 0. The summed E-state index contributed by atoms with van der Waals surface area (Å²) in [4.78, 5) is 42.3. The van der Waals surface area contributed by atoms with Crippen molar-refractivity contribution in [2.24, 2.45) is 0 Å². The molecule has 12 heteroatoms. The van der Waals surface area contributed by atoms with E-state index in [2.05, 4.69) is 0 Å². The number of aromatic hydroxyl groups is 3. The van der Waals surface area contributed by atoms with Gasteiger partial charge in [-0.25, -0.2) is 0 Å². The molecule has 1 fully saturated rings. The highest BCUT2D eigenvalue weighted by Gasteiger charge is 2.55. The van der Waals surface area contributed by atoms with Gasteiger partial charge in [-0.15, -0.1) is 0 Å². The van der Waals surface area contributed by atoms with Crippen LogP contribution < -0.4 is 0 Å². The number of carbonyl (C=O) groups excluding carboxylic acids is 3. The second kappa shape index (κ2) is 10.6. The number of hydrogen-bond acceptors (Lipinski definition) is 12. The number of likely N-dealkylation sites (N-methyl/N-ethyl adjacent to an activating group) is 1. The van der Waals surface area contributed by atoms with E-state index in [0.29, 0.717) is 0 Å². The van der Waals surface area contributed by atoms with Crippen LogP contribution in [0.5, 0.6) is 17.2 Å². The lowest BCUT2D eigenvalue weighted by Gasteiger charge is -2.46. The average Bonchev–Trinajstić information content (AvgIpc) is 2.94. The molecule has 1 aliphatic heterocycles.